The summed E-state index contributed by atoms with van der Waals surface area (Å²) in [5, 5.41) is 11.4. The summed E-state index contributed by atoms with van der Waals surface area (Å²) in [6.45, 7) is 1.72. The van der Waals surface area contributed by atoms with Gasteiger partial charge in [0.05, 0.1) is 6.61 Å². The van der Waals surface area contributed by atoms with E-state index in [-0.39, 0.29) is 18.2 Å². The minimum absolute atomic E-state index is 0.0309. The van der Waals surface area contributed by atoms with Crippen molar-refractivity contribution < 1.29 is 19.5 Å². The van der Waals surface area contributed by atoms with Crippen LogP contribution in [0.2, 0.25) is 0 Å². The number of carbonyl (C=O) groups excluding carboxylic acids is 2. The molecule has 1 fully saturated rings. The van der Waals surface area contributed by atoms with Crippen molar-refractivity contribution in [2.24, 2.45) is 5.92 Å². The van der Waals surface area contributed by atoms with E-state index in [1.165, 1.54) is 12.8 Å². The fourth-order valence-corrected chi connectivity index (χ4v) is 2.39. The third-order valence-corrected chi connectivity index (χ3v) is 3.56. The molecule has 0 aromatic rings. The molecule has 0 radical (unpaired) electrons. The largest absolute Gasteiger partial charge is 0.380 e. The number of ether oxygens (including phenoxy) is 1. The lowest BCUT2D eigenvalue weighted by molar-refractivity contribution is -0.135. The smallest absolute Gasteiger partial charge is 0.244 e. The van der Waals surface area contributed by atoms with Crippen LogP contribution >= 0.6 is 0 Å². The van der Waals surface area contributed by atoms with Crippen molar-refractivity contribution in [2.75, 3.05) is 19.8 Å². The van der Waals surface area contributed by atoms with Crippen LogP contribution in [0.1, 0.15) is 51.4 Å². The lowest BCUT2D eigenvalue weighted by Crippen LogP contribution is -2.36. The van der Waals surface area contributed by atoms with E-state index in [9.17, 15) is 9.59 Å². The van der Waals surface area contributed by atoms with Crippen LogP contribution in [0.4, 0.5) is 0 Å². The molecule has 3 N–H and O–H groups in total. The number of amides is 2. The average Bonchev–Trinajstić information content (AvgIpc) is 2.45. The Labute approximate surface area is 120 Å². The molecule has 0 spiro atoms. The van der Waals surface area contributed by atoms with Gasteiger partial charge in [-0.2, -0.15) is 0 Å². The van der Waals surface area contributed by atoms with Crippen molar-refractivity contribution >= 4 is 11.8 Å². The molecule has 0 saturated carbocycles. The summed E-state index contributed by atoms with van der Waals surface area (Å²) in [6.07, 6.45) is 7.33. The Morgan fingerprint density at radius 3 is 2.65 bits per heavy atom. The second-order valence-electron chi connectivity index (χ2n) is 5.25. The van der Waals surface area contributed by atoms with Crippen LogP contribution in [-0.4, -0.2) is 36.8 Å². The topological polar surface area (TPSA) is 87.7 Å². The molecule has 0 bridgehead atoms. The molecule has 20 heavy (non-hydrogen) atoms. The second-order valence-corrected chi connectivity index (χ2v) is 5.25. The van der Waals surface area contributed by atoms with E-state index in [0.29, 0.717) is 19.6 Å². The Bertz CT molecular complexity index is 297. The Kier molecular flexibility index (Phi) is 8.98. The van der Waals surface area contributed by atoms with Crippen molar-refractivity contribution in [2.45, 2.75) is 51.4 Å². The molecular weight excluding hydrogens is 260 g/mol. The van der Waals surface area contributed by atoms with Gasteiger partial charge in [-0.05, 0) is 12.8 Å². The van der Waals surface area contributed by atoms with Crippen LogP contribution in [0.25, 0.3) is 0 Å². The first-order chi connectivity index (χ1) is 9.74. The maximum atomic E-state index is 12.0. The first-order valence-corrected chi connectivity index (χ1v) is 7.52. The maximum absolute atomic E-state index is 12.0. The number of hydrogen-bond donors (Lipinski definition) is 3. The van der Waals surface area contributed by atoms with Crippen LogP contribution < -0.4 is 10.8 Å². The van der Waals surface area contributed by atoms with E-state index < -0.39 is 5.91 Å². The number of hydrogen-bond acceptors (Lipinski definition) is 4. The summed E-state index contributed by atoms with van der Waals surface area (Å²) >= 11 is 0. The normalized spacial score (nSPS) is 23.4. The molecule has 2 amide bonds. The van der Waals surface area contributed by atoms with Crippen LogP contribution in [0.15, 0.2) is 0 Å². The molecule has 1 unspecified atom stereocenters. The van der Waals surface area contributed by atoms with Gasteiger partial charge in [-0.15, -0.1) is 0 Å². The highest BCUT2D eigenvalue weighted by atomic mass is 16.5. The number of hydroxylamine groups is 1. The summed E-state index contributed by atoms with van der Waals surface area (Å²) in [6, 6.07) is 0. The highest BCUT2D eigenvalue weighted by molar-refractivity contribution is 5.85. The summed E-state index contributed by atoms with van der Waals surface area (Å²) in [4.78, 5) is 23.2. The lowest BCUT2D eigenvalue weighted by Gasteiger charge is -2.16. The number of carbonyl (C=O) groups is 2. The molecule has 6 nitrogen and oxygen atoms in total. The van der Waals surface area contributed by atoms with Crippen LogP contribution in [0.3, 0.4) is 0 Å². The van der Waals surface area contributed by atoms with Crippen molar-refractivity contribution in [3.8, 4) is 0 Å². The number of nitrogens with one attached hydrogen (secondary N) is 2. The van der Waals surface area contributed by atoms with Gasteiger partial charge >= 0.3 is 0 Å². The SMILES string of the molecule is O=C(CC1CCCCCCCCOCCNC1=O)NO. The van der Waals surface area contributed by atoms with Gasteiger partial charge in [0.2, 0.25) is 11.8 Å². The van der Waals surface area contributed by atoms with Crippen molar-refractivity contribution in [3.05, 3.63) is 0 Å². The van der Waals surface area contributed by atoms with Crippen molar-refractivity contribution in [1.29, 1.82) is 0 Å². The molecule has 1 aliphatic heterocycles. The van der Waals surface area contributed by atoms with E-state index in [4.69, 9.17) is 9.94 Å². The third kappa shape index (κ3) is 7.45. The summed E-state index contributed by atoms with van der Waals surface area (Å²) in [7, 11) is 0. The number of rotatable bonds is 2. The molecule has 1 aliphatic rings. The Morgan fingerprint density at radius 2 is 1.90 bits per heavy atom. The highest BCUT2D eigenvalue weighted by Crippen LogP contribution is 2.16. The van der Waals surface area contributed by atoms with Crippen LogP contribution in [0, 0.1) is 5.92 Å². The van der Waals surface area contributed by atoms with E-state index in [0.717, 1.165) is 32.3 Å². The quantitative estimate of drug-likeness (QED) is 0.528. The molecule has 0 aliphatic carbocycles. The van der Waals surface area contributed by atoms with E-state index in [2.05, 4.69) is 5.32 Å². The van der Waals surface area contributed by atoms with Crippen molar-refractivity contribution in [3.63, 3.8) is 0 Å². The van der Waals surface area contributed by atoms with E-state index >= 15 is 0 Å². The molecule has 116 valence electrons. The average molecular weight is 286 g/mol. The predicted octanol–water partition coefficient (Wildman–Crippen LogP) is 1.38. The molecule has 0 aromatic carbocycles. The summed E-state index contributed by atoms with van der Waals surface area (Å²) in [5.41, 5.74) is 1.59. The zero-order chi connectivity index (χ0) is 14.6. The molecule has 6 heteroatoms. The molecule has 1 atom stereocenters. The molecular formula is C14H26N2O4. The van der Waals surface area contributed by atoms with Crippen LogP contribution in [-0.2, 0) is 14.3 Å². The van der Waals surface area contributed by atoms with Crippen molar-refractivity contribution in [1.82, 2.24) is 10.8 Å². The van der Waals surface area contributed by atoms with Gasteiger partial charge in [0.1, 0.15) is 0 Å². The molecule has 0 aromatic heterocycles. The highest BCUT2D eigenvalue weighted by Gasteiger charge is 2.21. The summed E-state index contributed by atoms with van der Waals surface area (Å²) < 4.78 is 5.43. The predicted molar refractivity (Wildman–Crippen MR) is 74.2 cm³/mol. The monoisotopic (exact) mass is 286 g/mol. The zero-order valence-corrected chi connectivity index (χ0v) is 12.0. The van der Waals surface area contributed by atoms with Gasteiger partial charge in [-0.3, -0.25) is 14.8 Å². The Hall–Kier alpha value is -1.14. The minimum Gasteiger partial charge on any atom is -0.380 e. The zero-order valence-electron chi connectivity index (χ0n) is 12.0. The van der Waals surface area contributed by atoms with Gasteiger partial charge < -0.3 is 10.1 Å². The van der Waals surface area contributed by atoms with E-state index in [1.54, 1.807) is 5.48 Å². The van der Waals surface area contributed by atoms with Gasteiger partial charge in [0, 0.05) is 25.5 Å². The molecule has 1 rings (SSSR count). The maximum Gasteiger partial charge on any atom is 0.244 e. The third-order valence-electron chi connectivity index (χ3n) is 3.56. The first-order valence-electron chi connectivity index (χ1n) is 7.52. The van der Waals surface area contributed by atoms with Gasteiger partial charge in [0.15, 0.2) is 0 Å². The summed E-state index contributed by atoms with van der Waals surface area (Å²) in [5.74, 6) is -1.01. The minimum atomic E-state index is -0.512. The van der Waals surface area contributed by atoms with Gasteiger partial charge in [-0.1, -0.05) is 32.1 Å². The fourth-order valence-electron chi connectivity index (χ4n) is 2.39. The lowest BCUT2D eigenvalue weighted by atomic mass is 9.96. The van der Waals surface area contributed by atoms with Gasteiger partial charge in [0.25, 0.3) is 0 Å². The molecule has 1 heterocycles. The second kappa shape index (κ2) is 10.6. The first kappa shape index (κ1) is 16.9. The standard InChI is InChI=1S/C14H26N2O4/c17-13(16-19)11-12-7-5-3-1-2-4-6-9-20-10-8-15-14(12)18/h12,19H,1-11H2,(H,15,18)(H,16,17). The Balaban J connectivity index is 2.45. The fraction of sp³-hybridized carbons (Fsp3) is 0.857. The molecule has 1 saturated heterocycles. The van der Waals surface area contributed by atoms with Crippen LogP contribution in [0.5, 0.6) is 0 Å². The van der Waals surface area contributed by atoms with E-state index in [1.807, 2.05) is 0 Å². The van der Waals surface area contributed by atoms with Gasteiger partial charge in [-0.25, -0.2) is 5.48 Å². The Morgan fingerprint density at radius 1 is 1.20 bits per heavy atom.